The second-order valence-electron chi connectivity index (χ2n) is 4.45. The average Bonchev–Trinajstić information content (AvgIpc) is 2.90. The van der Waals surface area contributed by atoms with Crippen molar-refractivity contribution in [2.24, 2.45) is 0 Å². The molecule has 0 fully saturated rings. The van der Waals surface area contributed by atoms with E-state index in [1.165, 1.54) is 0 Å². The van der Waals surface area contributed by atoms with Gasteiger partial charge in [-0.2, -0.15) is 0 Å². The fourth-order valence-corrected chi connectivity index (χ4v) is 1.85. The van der Waals surface area contributed by atoms with Gasteiger partial charge in [0.15, 0.2) is 0 Å². The normalized spacial score (nSPS) is 11.9. The Morgan fingerprint density at radius 1 is 1.62 bits per heavy atom. The summed E-state index contributed by atoms with van der Waals surface area (Å²) in [4.78, 5) is 28.8. The summed E-state index contributed by atoms with van der Waals surface area (Å²) in [6.07, 6.45) is 6.04. The van der Waals surface area contributed by atoms with Crippen molar-refractivity contribution in [3.8, 4) is 0 Å². The number of nitro groups is 1. The van der Waals surface area contributed by atoms with Gasteiger partial charge >= 0.3 is 11.7 Å². The summed E-state index contributed by atoms with van der Waals surface area (Å²) >= 11 is 0. The van der Waals surface area contributed by atoms with Gasteiger partial charge in [-0.1, -0.05) is 0 Å². The molecule has 0 aliphatic rings. The van der Waals surface area contributed by atoms with Crippen LogP contribution in [0.25, 0.3) is 0 Å². The number of rotatable bonds is 6. The van der Waals surface area contributed by atoms with E-state index < -0.39 is 22.1 Å². The van der Waals surface area contributed by atoms with Crippen molar-refractivity contribution in [1.29, 1.82) is 0 Å². The van der Waals surface area contributed by atoms with Crippen LogP contribution in [-0.4, -0.2) is 36.6 Å². The fraction of sp³-hybridized carbons (Fsp3) is 0.250. The Kier molecular flexibility index (Phi) is 4.12. The molecule has 0 spiro atoms. The van der Waals surface area contributed by atoms with Crippen molar-refractivity contribution in [1.82, 2.24) is 14.5 Å². The zero-order valence-electron chi connectivity index (χ0n) is 11.1. The number of pyridine rings is 1. The van der Waals surface area contributed by atoms with Crippen LogP contribution < -0.4 is 5.32 Å². The highest BCUT2D eigenvalue weighted by molar-refractivity contribution is 5.93. The molecule has 1 atom stereocenters. The van der Waals surface area contributed by atoms with Crippen molar-refractivity contribution in [2.75, 3.05) is 5.32 Å². The molecule has 2 aromatic heterocycles. The zero-order valence-corrected chi connectivity index (χ0v) is 11.1. The minimum Gasteiger partial charge on any atom is -0.477 e. The second kappa shape index (κ2) is 5.99. The maximum Gasteiger partial charge on any atom is 0.342 e. The third-order valence-corrected chi connectivity index (χ3v) is 2.75. The van der Waals surface area contributed by atoms with Crippen LogP contribution in [0, 0.1) is 10.1 Å². The minimum absolute atomic E-state index is 0.0604. The number of imidazole rings is 1. The summed E-state index contributed by atoms with van der Waals surface area (Å²) < 4.78 is 1.85. The van der Waals surface area contributed by atoms with Crippen LogP contribution >= 0.6 is 0 Å². The Bertz CT molecular complexity index is 656. The van der Waals surface area contributed by atoms with Gasteiger partial charge in [0, 0.05) is 31.0 Å². The molecule has 9 nitrogen and oxygen atoms in total. The van der Waals surface area contributed by atoms with Gasteiger partial charge in [-0.05, 0) is 6.92 Å². The molecule has 0 amide bonds. The molecular formula is C12H13N5O4. The van der Waals surface area contributed by atoms with E-state index in [0.29, 0.717) is 6.54 Å². The van der Waals surface area contributed by atoms with E-state index in [9.17, 15) is 14.9 Å². The Morgan fingerprint density at radius 3 is 2.95 bits per heavy atom. The first-order chi connectivity index (χ1) is 9.97. The quantitative estimate of drug-likeness (QED) is 0.608. The molecule has 2 N–H and O–H groups in total. The number of nitrogens with one attached hydrogen (secondary N) is 1. The highest BCUT2D eigenvalue weighted by atomic mass is 16.6. The summed E-state index contributed by atoms with van der Waals surface area (Å²) in [5.41, 5.74) is -0.928. The number of carbonyl (C=O) groups is 1. The molecule has 21 heavy (non-hydrogen) atoms. The molecule has 9 heteroatoms. The van der Waals surface area contributed by atoms with Crippen LogP contribution in [0.3, 0.4) is 0 Å². The Balaban J connectivity index is 2.15. The largest absolute Gasteiger partial charge is 0.477 e. The third-order valence-electron chi connectivity index (χ3n) is 2.75. The second-order valence-corrected chi connectivity index (χ2v) is 4.45. The molecule has 0 bridgehead atoms. The maximum atomic E-state index is 11.0. The smallest absolute Gasteiger partial charge is 0.342 e. The summed E-state index contributed by atoms with van der Waals surface area (Å²) in [5.74, 6) is -1.10. The minimum atomic E-state index is -1.37. The SMILES string of the molecule is CC(Cn1ccnc1)Nc1cc(C(=O)O)c([N+](=O)[O-])cn1. The van der Waals surface area contributed by atoms with Gasteiger partial charge < -0.3 is 15.0 Å². The molecule has 0 saturated heterocycles. The summed E-state index contributed by atoms with van der Waals surface area (Å²) in [6, 6.07) is 1.10. The van der Waals surface area contributed by atoms with Crippen molar-refractivity contribution in [3.63, 3.8) is 0 Å². The molecule has 2 rings (SSSR count). The Hall–Kier alpha value is -2.97. The molecule has 0 radical (unpaired) electrons. The van der Waals surface area contributed by atoms with Crippen LogP contribution in [0.4, 0.5) is 11.5 Å². The predicted octanol–water partition coefficient (Wildman–Crippen LogP) is 1.39. The molecule has 110 valence electrons. The van der Waals surface area contributed by atoms with E-state index in [0.717, 1.165) is 12.3 Å². The van der Waals surface area contributed by atoms with Crippen LogP contribution in [0.1, 0.15) is 17.3 Å². The zero-order chi connectivity index (χ0) is 15.4. The Morgan fingerprint density at radius 2 is 2.38 bits per heavy atom. The highest BCUT2D eigenvalue weighted by Crippen LogP contribution is 2.20. The topological polar surface area (TPSA) is 123 Å². The van der Waals surface area contributed by atoms with Gasteiger partial charge in [-0.3, -0.25) is 10.1 Å². The number of anilines is 1. The molecule has 2 heterocycles. The van der Waals surface area contributed by atoms with Gasteiger partial charge in [0.05, 0.1) is 11.3 Å². The van der Waals surface area contributed by atoms with Crippen molar-refractivity contribution in [2.45, 2.75) is 19.5 Å². The van der Waals surface area contributed by atoms with Gasteiger partial charge in [0.2, 0.25) is 0 Å². The fourth-order valence-electron chi connectivity index (χ4n) is 1.85. The predicted molar refractivity (Wildman–Crippen MR) is 73.2 cm³/mol. The van der Waals surface area contributed by atoms with Gasteiger partial charge in [-0.15, -0.1) is 0 Å². The summed E-state index contributed by atoms with van der Waals surface area (Å²) in [5, 5.41) is 22.7. The van der Waals surface area contributed by atoms with Crippen LogP contribution in [0.2, 0.25) is 0 Å². The summed E-state index contributed by atoms with van der Waals surface area (Å²) in [7, 11) is 0. The lowest BCUT2D eigenvalue weighted by molar-refractivity contribution is -0.385. The number of aromatic carboxylic acids is 1. The van der Waals surface area contributed by atoms with E-state index in [1.807, 2.05) is 11.5 Å². The van der Waals surface area contributed by atoms with E-state index in [2.05, 4.69) is 15.3 Å². The number of aromatic nitrogens is 3. The van der Waals surface area contributed by atoms with E-state index in [4.69, 9.17) is 5.11 Å². The van der Waals surface area contributed by atoms with Crippen LogP contribution in [-0.2, 0) is 6.54 Å². The number of carboxylic acids is 1. The number of hydrogen-bond acceptors (Lipinski definition) is 6. The average molecular weight is 291 g/mol. The number of nitrogens with zero attached hydrogens (tertiary/aromatic N) is 4. The van der Waals surface area contributed by atoms with Crippen molar-refractivity contribution in [3.05, 3.63) is 46.7 Å². The van der Waals surface area contributed by atoms with Gasteiger partial charge in [-0.25, -0.2) is 14.8 Å². The van der Waals surface area contributed by atoms with E-state index >= 15 is 0 Å². The van der Waals surface area contributed by atoms with Crippen molar-refractivity contribution < 1.29 is 14.8 Å². The molecule has 0 aliphatic carbocycles. The molecule has 0 aliphatic heterocycles. The van der Waals surface area contributed by atoms with E-state index in [-0.39, 0.29) is 11.9 Å². The molecule has 1 unspecified atom stereocenters. The monoisotopic (exact) mass is 291 g/mol. The molecule has 0 aromatic carbocycles. The van der Waals surface area contributed by atoms with Crippen LogP contribution in [0.15, 0.2) is 31.0 Å². The summed E-state index contributed by atoms with van der Waals surface area (Å²) in [6.45, 7) is 2.48. The molecule has 2 aromatic rings. The third kappa shape index (κ3) is 3.53. The Labute approximate surface area is 119 Å². The lowest BCUT2D eigenvalue weighted by Gasteiger charge is -2.15. The van der Waals surface area contributed by atoms with E-state index in [1.54, 1.807) is 18.7 Å². The number of carboxylic acid groups (broad SMARTS) is 1. The molecule has 0 saturated carbocycles. The standard InChI is InChI=1S/C12H13N5O4/c1-8(6-16-3-2-13-7-16)15-11-4-9(12(18)19)10(5-14-11)17(20)21/h2-5,7-8H,6H2,1H3,(H,14,15)(H,18,19). The lowest BCUT2D eigenvalue weighted by atomic mass is 10.2. The van der Waals surface area contributed by atoms with Gasteiger partial charge in [0.25, 0.3) is 0 Å². The first kappa shape index (κ1) is 14.4. The highest BCUT2D eigenvalue weighted by Gasteiger charge is 2.21. The lowest BCUT2D eigenvalue weighted by Crippen LogP contribution is -2.22. The number of hydrogen-bond donors (Lipinski definition) is 2. The maximum absolute atomic E-state index is 11.0. The first-order valence-corrected chi connectivity index (χ1v) is 6.07. The van der Waals surface area contributed by atoms with Gasteiger partial charge in [0.1, 0.15) is 17.6 Å². The van der Waals surface area contributed by atoms with Crippen LogP contribution in [0.5, 0.6) is 0 Å². The van der Waals surface area contributed by atoms with Crippen molar-refractivity contribution >= 4 is 17.5 Å². The first-order valence-electron chi connectivity index (χ1n) is 6.07. The molecular weight excluding hydrogens is 278 g/mol.